The average molecular weight is 352 g/mol. The molecule has 0 heterocycles. The summed E-state index contributed by atoms with van der Waals surface area (Å²) in [5.74, 6) is 0.717. The van der Waals surface area contributed by atoms with Crippen LogP contribution in [0, 0.1) is 0 Å². The lowest BCUT2D eigenvalue weighted by atomic mass is 10.1. The molecule has 0 fully saturated rings. The minimum absolute atomic E-state index is 0.594. The molecule has 0 aliphatic rings. The highest BCUT2D eigenvalue weighted by atomic mass is 14.9. The molecule has 0 amide bonds. The van der Waals surface area contributed by atoms with E-state index in [9.17, 15) is 0 Å². The molecule has 0 unspecified atom stereocenters. The molecule has 0 saturated heterocycles. The maximum atomic E-state index is 4.83. The molecule has 134 valence electrons. The molecule has 0 radical (unpaired) electrons. The predicted octanol–water partition coefficient (Wildman–Crippen LogP) is 5.87. The van der Waals surface area contributed by atoms with Crippen LogP contribution in [-0.4, -0.2) is 11.5 Å². The number of nitrogens with zero attached hydrogens (tertiary/aromatic N) is 2. The van der Waals surface area contributed by atoms with E-state index in [0.717, 1.165) is 23.3 Å². The lowest BCUT2D eigenvalue weighted by Crippen LogP contribution is -2.05. The third-order valence-corrected chi connectivity index (χ3v) is 4.36. The molecule has 0 aliphatic carbocycles. The zero-order valence-corrected chi connectivity index (χ0v) is 15.7. The van der Waals surface area contributed by atoms with Crippen LogP contribution in [0.15, 0.2) is 108 Å². The lowest BCUT2D eigenvalue weighted by molar-refractivity contribution is 1.05. The second kappa shape index (κ2) is 9.44. The van der Waals surface area contributed by atoms with E-state index < -0.39 is 0 Å². The highest BCUT2D eigenvalue weighted by Crippen LogP contribution is 2.11. The van der Waals surface area contributed by atoms with Gasteiger partial charge in [0.25, 0.3) is 0 Å². The number of amidine groups is 1. The third kappa shape index (κ3) is 5.11. The van der Waals surface area contributed by atoms with E-state index in [1.54, 1.807) is 6.08 Å². The highest BCUT2D eigenvalue weighted by Gasteiger charge is 2.05. The van der Waals surface area contributed by atoms with Gasteiger partial charge in [0, 0.05) is 11.1 Å². The third-order valence-electron chi connectivity index (χ3n) is 4.36. The summed E-state index contributed by atoms with van der Waals surface area (Å²) < 4.78 is 0. The molecule has 3 aromatic rings. The van der Waals surface area contributed by atoms with Crippen molar-refractivity contribution in [2.24, 2.45) is 9.98 Å². The summed E-state index contributed by atoms with van der Waals surface area (Å²) in [5.41, 5.74) is 5.36. The molecule has 0 atom stereocenters. The summed E-state index contributed by atoms with van der Waals surface area (Å²) in [7, 11) is 0. The van der Waals surface area contributed by atoms with Crippen LogP contribution in [-0.2, 0) is 13.0 Å². The van der Waals surface area contributed by atoms with Crippen molar-refractivity contribution < 1.29 is 0 Å². The van der Waals surface area contributed by atoms with Crippen molar-refractivity contribution in [2.45, 2.75) is 19.9 Å². The van der Waals surface area contributed by atoms with E-state index in [0.29, 0.717) is 12.4 Å². The topological polar surface area (TPSA) is 24.7 Å². The second-order valence-corrected chi connectivity index (χ2v) is 6.24. The Labute approximate surface area is 161 Å². The van der Waals surface area contributed by atoms with Crippen LogP contribution in [0.5, 0.6) is 0 Å². The normalized spacial score (nSPS) is 12.0. The Morgan fingerprint density at radius 1 is 0.778 bits per heavy atom. The number of allylic oxidation sites excluding steroid dienone is 1. The van der Waals surface area contributed by atoms with Crippen molar-refractivity contribution in [2.75, 3.05) is 0 Å². The zero-order chi connectivity index (χ0) is 18.9. The molecule has 0 bridgehead atoms. The lowest BCUT2D eigenvalue weighted by Gasteiger charge is -2.06. The SMILES string of the molecule is C=CC(=NC(=NCc1ccc(CC)cc1)c1ccccc1)c1ccccc1. The fourth-order valence-corrected chi connectivity index (χ4v) is 2.78. The standard InChI is InChI=1S/C25H24N2/c1-3-20-15-17-21(18-16-20)19-26-25(23-13-9-6-10-14-23)27-24(4-2)22-11-7-5-8-12-22/h4-18H,2-3,19H2,1H3. The first kappa shape index (κ1) is 18.5. The van der Waals surface area contributed by atoms with Crippen LogP contribution in [0.25, 0.3) is 0 Å². The summed E-state index contributed by atoms with van der Waals surface area (Å²) in [6.45, 7) is 6.69. The van der Waals surface area contributed by atoms with Crippen LogP contribution in [0.1, 0.15) is 29.2 Å². The van der Waals surface area contributed by atoms with Crippen molar-refractivity contribution in [1.29, 1.82) is 0 Å². The average Bonchev–Trinajstić information content (AvgIpc) is 2.75. The molecule has 27 heavy (non-hydrogen) atoms. The fourth-order valence-electron chi connectivity index (χ4n) is 2.78. The number of benzene rings is 3. The van der Waals surface area contributed by atoms with E-state index in [2.05, 4.69) is 37.8 Å². The first-order chi connectivity index (χ1) is 13.3. The number of rotatable bonds is 6. The Hall–Kier alpha value is -3.26. The first-order valence-electron chi connectivity index (χ1n) is 9.24. The molecule has 0 N–H and O–H groups in total. The molecule has 2 heteroatoms. The van der Waals surface area contributed by atoms with E-state index in [4.69, 9.17) is 9.98 Å². The van der Waals surface area contributed by atoms with E-state index >= 15 is 0 Å². The maximum Gasteiger partial charge on any atom is 0.155 e. The largest absolute Gasteiger partial charge is 0.261 e. The molecule has 0 saturated carbocycles. The van der Waals surface area contributed by atoms with Gasteiger partial charge in [0.1, 0.15) is 0 Å². The Balaban J connectivity index is 1.95. The van der Waals surface area contributed by atoms with E-state index in [-0.39, 0.29) is 0 Å². The number of aliphatic imine (C=N–C) groups is 2. The summed E-state index contributed by atoms with van der Waals surface area (Å²) >= 11 is 0. The first-order valence-corrected chi connectivity index (χ1v) is 9.24. The fraction of sp³-hybridized carbons (Fsp3) is 0.120. The quantitative estimate of drug-likeness (QED) is 0.391. The van der Waals surface area contributed by atoms with Gasteiger partial charge in [-0.1, -0.05) is 98.4 Å². The van der Waals surface area contributed by atoms with Crippen LogP contribution in [0.3, 0.4) is 0 Å². The van der Waals surface area contributed by atoms with Crippen LogP contribution < -0.4 is 0 Å². The molecule has 3 rings (SSSR count). The van der Waals surface area contributed by atoms with Gasteiger partial charge in [-0.15, -0.1) is 0 Å². The summed E-state index contributed by atoms with van der Waals surface area (Å²) in [6.07, 6.45) is 2.83. The summed E-state index contributed by atoms with van der Waals surface area (Å²) in [4.78, 5) is 9.65. The Bertz CT molecular complexity index is 921. The van der Waals surface area contributed by atoms with E-state index in [1.165, 1.54) is 11.1 Å². The minimum Gasteiger partial charge on any atom is -0.261 e. The van der Waals surface area contributed by atoms with Gasteiger partial charge in [-0.3, -0.25) is 4.99 Å². The molecular weight excluding hydrogens is 328 g/mol. The van der Waals surface area contributed by atoms with Crippen LogP contribution >= 0.6 is 0 Å². The van der Waals surface area contributed by atoms with Crippen LogP contribution in [0.4, 0.5) is 0 Å². The van der Waals surface area contributed by atoms with Crippen molar-refractivity contribution in [3.8, 4) is 0 Å². The van der Waals surface area contributed by atoms with Gasteiger partial charge >= 0.3 is 0 Å². The number of hydrogen-bond donors (Lipinski definition) is 0. The van der Waals surface area contributed by atoms with Crippen LogP contribution in [0.2, 0.25) is 0 Å². The van der Waals surface area contributed by atoms with Gasteiger partial charge in [-0.25, -0.2) is 4.99 Å². The van der Waals surface area contributed by atoms with Crippen molar-refractivity contribution in [1.82, 2.24) is 0 Å². The molecule has 0 aliphatic heterocycles. The Morgan fingerprint density at radius 2 is 1.33 bits per heavy atom. The molecule has 2 nitrogen and oxygen atoms in total. The monoisotopic (exact) mass is 352 g/mol. The molecule has 3 aromatic carbocycles. The van der Waals surface area contributed by atoms with Gasteiger partial charge in [-0.2, -0.15) is 0 Å². The maximum absolute atomic E-state index is 4.83. The van der Waals surface area contributed by atoms with Gasteiger partial charge in [0.05, 0.1) is 12.3 Å². The predicted molar refractivity (Wildman–Crippen MR) is 116 cm³/mol. The molecular formula is C25H24N2. The summed E-state index contributed by atoms with van der Waals surface area (Å²) in [5, 5.41) is 0. The van der Waals surface area contributed by atoms with Crippen molar-refractivity contribution in [3.05, 3.63) is 120 Å². The molecule has 0 spiro atoms. The van der Waals surface area contributed by atoms with Crippen molar-refractivity contribution >= 4 is 11.5 Å². The highest BCUT2D eigenvalue weighted by molar-refractivity contribution is 6.16. The van der Waals surface area contributed by atoms with E-state index in [1.807, 2.05) is 60.7 Å². The summed E-state index contributed by atoms with van der Waals surface area (Å²) in [6, 6.07) is 28.8. The smallest absolute Gasteiger partial charge is 0.155 e. The number of hydrogen-bond acceptors (Lipinski definition) is 1. The number of aryl methyl sites for hydroxylation is 1. The second-order valence-electron chi connectivity index (χ2n) is 6.24. The Morgan fingerprint density at radius 3 is 1.89 bits per heavy atom. The minimum atomic E-state index is 0.594. The molecule has 0 aromatic heterocycles. The zero-order valence-electron chi connectivity index (χ0n) is 15.7. The van der Waals surface area contributed by atoms with Gasteiger partial charge < -0.3 is 0 Å². The van der Waals surface area contributed by atoms with Gasteiger partial charge in [-0.05, 0) is 23.6 Å². The van der Waals surface area contributed by atoms with Gasteiger partial charge in [0.15, 0.2) is 5.84 Å². The van der Waals surface area contributed by atoms with Gasteiger partial charge in [0.2, 0.25) is 0 Å². The Kier molecular flexibility index (Phi) is 6.48. The van der Waals surface area contributed by atoms with Crippen molar-refractivity contribution in [3.63, 3.8) is 0 Å².